The number of fused-ring (bicyclic) bond motifs is 2. The summed E-state index contributed by atoms with van der Waals surface area (Å²) in [4.78, 5) is 2.47. The van der Waals surface area contributed by atoms with E-state index in [0.717, 1.165) is 48.8 Å². The maximum absolute atomic E-state index is 14.1. The van der Waals surface area contributed by atoms with Gasteiger partial charge in [-0.25, -0.2) is 13.2 Å². The number of nitrogens with zero attached hydrogens (tertiary/aromatic N) is 2. The monoisotopic (exact) mass is 490 g/mol. The Bertz CT molecular complexity index is 1230. The van der Waals surface area contributed by atoms with Crippen molar-refractivity contribution in [2.24, 2.45) is 4.40 Å². The van der Waals surface area contributed by atoms with E-state index >= 15 is 0 Å². The number of alkyl halides is 2. The van der Waals surface area contributed by atoms with Gasteiger partial charge in [0.15, 0.2) is 0 Å². The Balaban J connectivity index is 1.23. The van der Waals surface area contributed by atoms with E-state index in [0.29, 0.717) is 6.61 Å². The minimum atomic E-state index is -2.80. The van der Waals surface area contributed by atoms with Crippen molar-refractivity contribution < 1.29 is 13.5 Å². The summed E-state index contributed by atoms with van der Waals surface area (Å²) in [6, 6.07) is 27.6. The van der Waals surface area contributed by atoms with E-state index < -0.39 is 10.7 Å². The van der Waals surface area contributed by atoms with Gasteiger partial charge in [-0.1, -0.05) is 72.8 Å². The van der Waals surface area contributed by atoms with Crippen molar-refractivity contribution in [3.63, 3.8) is 0 Å². The molecule has 0 N–H and O–H groups in total. The fourth-order valence-corrected chi connectivity index (χ4v) is 6.34. The van der Waals surface area contributed by atoms with Crippen molar-refractivity contribution in [2.45, 2.75) is 49.2 Å². The molecule has 6 heteroatoms. The first-order valence-corrected chi connectivity index (χ1v) is 12.8. The Morgan fingerprint density at radius 3 is 2.17 bits per heavy atom. The third kappa shape index (κ3) is 3.83. The SMILES string of the molecule is CC(F)(F)C1(C)CC(c2ccc3c(c2)COC32CN(C(c3ccccc3)c3ccccc3)C2)=NS1. The van der Waals surface area contributed by atoms with Crippen molar-refractivity contribution >= 4 is 17.7 Å². The highest BCUT2D eigenvalue weighted by atomic mass is 32.2. The Morgan fingerprint density at radius 2 is 1.60 bits per heavy atom. The minimum Gasteiger partial charge on any atom is -0.363 e. The highest BCUT2D eigenvalue weighted by molar-refractivity contribution is 8.00. The normalized spacial score (nSPS) is 23.4. The smallest absolute Gasteiger partial charge is 0.261 e. The highest BCUT2D eigenvalue weighted by Gasteiger charge is 2.53. The van der Waals surface area contributed by atoms with Gasteiger partial charge in [-0.15, -0.1) is 0 Å². The number of hydrogen-bond acceptors (Lipinski definition) is 4. The summed E-state index contributed by atoms with van der Waals surface area (Å²) in [5.74, 6) is -2.80. The summed E-state index contributed by atoms with van der Waals surface area (Å²) in [6.07, 6.45) is 0.259. The van der Waals surface area contributed by atoms with Crippen LogP contribution in [-0.2, 0) is 16.9 Å². The van der Waals surface area contributed by atoms with Crippen molar-refractivity contribution in [2.75, 3.05) is 13.1 Å². The van der Waals surface area contributed by atoms with Crippen LogP contribution in [0, 0.1) is 0 Å². The van der Waals surface area contributed by atoms with Gasteiger partial charge in [0.1, 0.15) is 10.3 Å². The van der Waals surface area contributed by atoms with E-state index in [1.165, 1.54) is 16.7 Å². The summed E-state index contributed by atoms with van der Waals surface area (Å²) in [7, 11) is 0. The molecule has 0 bridgehead atoms. The lowest BCUT2D eigenvalue weighted by Crippen LogP contribution is -2.60. The fourth-order valence-electron chi connectivity index (χ4n) is 5.50. The number of ether oxygens (including phenoxy) is 1. The number of halogens is 2. The van der Waals surface area contributed by atoms with Gasteiger partial charge in [0.05, 0.1) is 18.4 Å². The van der Waals surface area contributed by atoms with Crippen LogP contribution in [0.3, 0.4) is 0 Å². The van der Waals surface area contributed by atoms with Crippen molar-refractivity contribution in [3.8, 4) is 0 Å². The molecule has 1 spiro atoms. The van der Waals surface area contributed by atoms with Crippen LogP contribution in [0.15, 0.2) is 83.3 Å². The molecule has 3 aromatic rings. The van der Waals surface area contributed by atoms with Gasteiger partial charge in [-0.3, -0.25) is 4.90 Å². The topological polar surface area (TPSA) is 24.8 Å². The minimum absolute atomic E-state index is 0.174. The van der Waals surface area contributed by atoms with Gasteiger partial charge in [0.2, 0.25) is 0 Å². The lowest BCUT2D eigenvalue weighted by molar-refractivity contribution is -0.151. The van der Waals surface area contributed by atoms with E-state index in [1.807, 2.05) is 6.07 Å². The number of benzene rings is 3. The van der Waals surface area contributed by atoms with Gasteiger partial charge >= 0.3 is 0 Å². The second-order valence-corrected chi connectivity index (χ2v) is 11.5. The molecule has 0 saturated carbocycles. The molecule has 0 radical (unpaired) electrons. The zero-order valence-corrected chi connectivity index (χ0v) is 20.7. The van der Waals surface area contributed by atoms with Gasteiger partial charge in [0.25, 0.3) is 5.92 Å². The summed E-state index contributed by atoms with van der Waals surface area (Å²) in [5.41, 5.74) is 6.25. The Kier molecular flexibility index (Phi) is 5.40. The van der Waals surface area contributed by atoms with Crippen molar-refractivity contribution in [1.29, 1.82) is 0 Å². The van der Waals surface area contributed by atoms with E-state index in [1.54, 1.807) is 6.92 Å². The molecular formula is C29H28F2N2OS. The molecule has 1 atom stereocenters. The lowest BCUT2D eigenvalue weighted by Gasteiger charge is -2.51. The number of hydrogen-bond donors (Lipinski definition) is 0. The Hall–Kier alpha value is -2.54. The van der Waals surface area contributed by atoms with Gasteiger partial charge in [0, 0.05) is 26.4 Å². The number of rotatable bonds is 5. The van der Waals surface area contributed by atoms with Crippen LogP contribution < -0.4 is 0 Å². The standard InChI is InChI=1S/C29H28F2N2OS/c1-27(28(2,30)31)16-25(32-35-27)22-13-14-24-23(15-22)17-34-29(24)18-33(19-29)26(20-9-5-3-6-10-20)21-11-7-4-8-12-21/h3-15,26H,16-19H2,1-2H3. The highest BCUT2D eigenvalue weighted by Crippen LogP contribution is 2.50. The van der Waals surface area contributed by atoms with E-state index in [-0.39, 0.29) is 18.1 Å². The first-order valence-electron chi connectivity index (χ1n) is 12.0. The summed E-state index contributed by atoms with van der Waals surface area (Å²) in [6.45, 7) is 4.74. The average molecular weight is 491 g/mol. The molecule has 3 aromatic carbocycles. The van der Waals surface area contributed by atoms with Crippen LogP contribution in [-0.4, -0.2) is 34.4 Å². The Labute approximate surface area is 209 Å². The van der Waals surface area contributed by atoms with Gasteiger partial charge in [-0.05, 0) is 52.8 Å². The second-order valence-electron chi connectivity index (χ2n) is 10.2. The van der Waals surface area contributed by atoms with E-state index in [2.05, 4.69) is 82.1 Å². The predicted octanol–water partition coefficient (Wildman–Crippen LogP) is 6.77. The lowest BCUT2D eigenvalue weighted by atomic mass is 9.81. The molecular weight excluding hydrogens is 462 g/mol. The molecule has 35 heavy (non-hydrogen) atoms. The zero-order chi connectivity index (χ0) is 24.3. The van der Waals surface area contributed by atoms with Gasteiger partial charge in [-0.2, -0.15) is 0 Å². The van der Waals surface area contributed by atoms with Crippen LogP contribution in [0.25, 0.3) is 0 Å². The molecule has 1 fully saturated rings. The molecule has 0 amide bonds. The largest absolute Gasteiger partial charge is 0.363 e. The molecule has 0 aliphatic carbocycles. The Morgan fingerprint density at radius 1 is 0.971 bits per heavy atom. The van der Waals surface area contributed by atoms with Gasteiger partial charge < -0.3 is 4.74 Å². The van der Waals surface area contributed by atoms with Crippen LogP contribution in [0.2, 0.25) is 0 Å². The molecule has 3 aliphatic heterocycles. The van der Waals surface area contributed by atoms with E-state index in [9.17, 15) is 8.78 Å². The number of likely N-dealkylation sites (tertiary alicyclic amines) is 1. The molecule has 3 nitrogen and oxygen atoms in total. The summed E-state index contributed by atoms with van der Waals surface area (Å²) < 4.78 is 37.8. The van der Waals surface area contributed by atoms with Crippen molar-refractivity contribution in [3.05, 3.63) is 107 Å². The van der Waals surface area contributed by atoms with Crippen LogP contribution in [0.1, 0.15) is 54.1 Å². The molecule has 180 valence electrons. The van der Waals surface area contributed by atoms with Crippen LogP contribution in [0.4, 0.5) is 8.78 Å². The van der Waals surface area contributed by atoms with Crippen molar-refractivity contribution in [1.82, 2.24) is 4.90 Å². The fraction of sp³-hybridized carbons (Fsp3) is 0.345. The predicted molar refractivity (Wildman–Crippen MR) is 137 cm³/mol. The first kappa shape index (κ1) is 22.9. The first-order chi connectivity index (χ1) is 16.8. The summed E-state index contributed by atoms with van der Waals surface area (Å²) in [5, 5.41) is 0. The molecule has 0 aromatic heterocycles. The third-order valence-corrected chi connectivity index (χ3v) is 8.95. The zero-order valence-electron chi connectivity index (χ0n) is 19.9. The molecule has 1 saturated heterocycles. The molecule has 6 rings (SSSR count). The third-order valence-electron chi connectivity index (χ3n) is 7.74. The van der Waals surface area contributed by atoms with Crippen LogP contribution >= 0.6 is 11.9 Å². The molecule has 1 unspecified atom stereocenters. The average Bonchev–Trinajstić information content (AvgIpc) is 3.42. The second kappa shape index (κ2) is 8.26. The summed E-state index contributed by atoms with van der Waals surface area (Å²) >= 11 is 1.00. The van der Waals surface area contributed by atoms with E-state index in [4.69, 9.17) is 4.74 Å². The maximum Gasteiger partial charge on any atom is 0.261 e. The maximum atomic E-state index is 14.1. The van der Waals surface area contributed by atoms with Crippen LogP contribution in [0.5, 0.6) is 0 Å². The quantitative estimate of drug-likeness (QED) is 0.369. The molecule has 3 aliphatic rings. The molecule has 3 heterocycles.